The number of ether oxygens (including phenoxy) is 1. The van der Waals surface area contributed by atoms with Gasteiger partial charge in [-0.3, -0.25) is 9.88 Å². The summed E-state index contributed by atoms with van der Waals surface area (Å²) >= 11 is 0. The van der Waals surface area contributed by atoms with Crippen LogP contribution < -0.4 is 10.5 Å². The summed E-state index contributed by atoms with van der Waals surface area (Å²) in [4.78, 5) is 7.04. The molecule has 5 rings (SSSR count). The van der Waals surface area contributed by atoms with Gasteiger partial charge in [-0.1, -0.05) is 6.08 Å². The molecule has 5 atom stereocenters. The lowest BCUT2D eigenvalue weighted by molar-refractivity contribution is 0.00749. The fourth-order valence-electron chi connectivity index (χ4n) is 4.52. The van der Waals surface area contributed by atoms with Crippen LogP contribution in [-0.2, 0) is 0 Å². The van der Waals surface area contributed by atoms with Crippen molar-refractivity contribution in [3.05, 3.63) is 48.7 Å². The molecule has 4 heterocycles. The highest BCUT2D eigenvalue weighted by molar-refractivity contribution is 5.84. The van der Waals surface area contributed by atoms with Crippen LogP contribution in [0.1, 0.15) is 24.4 Å². The van der Waals surface area contributed by atoms with Crippen molar-refractivity contribution in [2.45, 2.75) is 24.9 Å². The van der Waals surface area contributed by atoms with Gasteiger partial charge < -0.3 is 10.5 Å². The highest BCUT2D eigenvalue weighted by atomic mass is 16.5. The van der Waals surface area contributed by atoms with Gasteiger partial charge in [0, 0.05) is 30.2 Å². The number of aromatic nitrogens is 1. The molecule has 4 nitrogen and oxygen atoms in total. The molecule has 3 aliphatic rings. The van der Waals surface area contributed by atoms with Crippen molar-refractivity contribution in [1.29, 1.82) is 0 Å². The number of nitrogens with zero attached hydrogens (tertiary/aromatic N) is 2. The van der Waals surface area contributed by atoms with Crippen molar-refractivity contribution in [3.8, 4) is 5.75 Å². The van der Waals surface area contributed by atoms with Crippen LogP contribution >= 0.6 is 0 Å². The third-order valence-corrected chi connectivity index (χ3v) is 5.91. The molecule has 0 radical (unpaired) electrons. The lowest BCUT2D eigenvalue weighted by atomic mass is 9.73. The molecule has 0 aliphatic carbocycles. The number of rotatable bonds is 4. The zero-order chi connectivity index (χ0) is 16.7. The molecule has 3 aliphatic heterocycles. The number of methoxy groups -OCH3 is 1. The second-order valence-corrected chi connectivity index (χ2v) is 7.06. The van der Waals surface area contributed by atoms with Gasteiger partial charge in [-0.15, -0.1) is 6.58 Å². The van der Waals surface area contributed by atoms with Crippen LogP contribution in [0.3, 0.4) is 0 Å². The highest BCUT2D eigenvalue weighted by Gasteiger charge is 2.41. The molecule has 0 spiro atoms. The molecular weight excluding hydrogens is 298 g/mol. The third-order valence-electron chi connectivity index (χ3n) is 5.91. The first kappa shape index (κ1) is 15.6. The lowest BCUT2D eigenvalue weighted by Gasteiger charge is -2.51. The van der Waals surface area contributed by atoms with Crippen LogP contribution in [0.5, 0.6) is 5.75 Å². The summed E-state index contributed by atoms with van der Waals surface area (Å²) in [5.41, 5.74) is 8.91. The monoisotopic (exact) mass is 323 g/mol. The predicted octanol–water partition coefficient (Wildman–Crippen LogP) is 3.14. The van der Waals surface area contributed by atoms with Gasteiger partial charge in [0.2, 0.25) is 0 Å². The molecule has 3 saturated heterocycles. The van der Waals surface area contributed by atoms with Crippen molar-refractivity contribution in [2.75, 3.05) is 20.2 Å². The zero-order valence-electron chi connectivity index (χ0n) is 14.2. The Labute approximate surface area is 143 Å². The number of piperidine rings is 3. The van der Waals surface area contributed by atoms with E-state index in [0.29, 0.717) is 12.0 Å². The van der Waals surface area contributed by atoms with Gasteiger partial charge in [-0.05, 0) is 61.1 Å². The SMILES string of the molecule is C=CC1CN2CC[C@@H]1C[C@H]2C(N)c1ccnc2ccc(OC)cc12. The van der Waals surface area contributed by atoms with Gasteiger partial charge in [0.05, 0.1) is 12.6 Å². The molecule has 1 aromatic carbocycles. The first-order chi connectivity index (χ1) is 11.7. The molecule has 0 saturated carbocycles. The van der Waals surface area contributed by atoms with E-state index < -0.39 is 0 Å². The van der Waals surface area contributed by atoms with E-state index in [2.05, 4.69) is 34.7 Å². The van der Waals surface area contributed by atoms with Crippen LogP contribution in [0.25, 0.3) is 10.9 Å². The molecule has 24 heavy (non-hydrogen) atoms. The maximum Gasteiger partial charge on any atom is 0.119 e. The third kappa shape index (κ3) is 2.50. The van der Waals surface area contributed by atoms with E-state index in [4.69, 9.17) is 10.5 Å². The van der Waals surface area contributed by atoms with Crippen molar-refractivity contribution >= 4 is 10.9 Å². The summed E-state index contributed by atoms with van der Waals surface area (Å²) in [7, 11) is 1.69. The maximum absolute atomic E-state index is 6.76. The number of pyridine rings is 1. The predicted molar refractivity (Wildman–Crippen MR) is 97.0 cm³/mol. The first-order valence-electron chi connectivity index (χ1n) is 8.76. The van der Waals surface area contributed by atoms with Crippen molar-refractivity contribution < 1.29 is 4.74 Å². The molecule has 2 N–H and O–H groups in total. The minimum absolute atomic E-state index is 0.00354. The molecular formula is C20H25N3O. The summed E-state index contributed by atoms with van der Waals surface area (Å²) in [5, 5.41) is 1.10. The topological polar surface area (TPSA) is 51.4 Å². The molecule has 2 bridgehead atoms. The summed E-state index contributed by atoms with van der Waals surface area (Å²) in [6, 6.07) is 8.48. The number of hydrogen-bond donors (Lipinski definition) is 1. The molecule has 3 fully saturated rings. The van der Waals surface area contributed by atoms with Gasteiger partial charge >= 0.3 is 0 Å². The second-order valence-electron chi connectivity index (χ2n) is 7.06. The molecule has 2 aromatic rings. The second kappa shape index (κ2) is 6.19. The van der Waals surface area contributed by atoms with Gasteiger partial charge in [-0.25, -0.2) is 0 Å². The largest absolute Gasteiger partial charge is 0.497 e. The van der Waals surface area contributed by atoms with Crippen LogP contribution in [0.15, 0.2) is 43.1 Å². The van der Waals surface area contributed by atoms with E-state index >= 15 is 0 Å². The number of hydrogen-bond acceptors (Lipinski definition) is 4. The van der Waals surface area contributed by atoms with E-state index in [-0.39, 0.29) is 6.04 Å². The van der Waals surface area contributed by atoms with E-state index in [9.17, 15) is 0 Å². The quantitative estimate of drug-likeness (QED) is 0.878. The Balaban J connectivity index is 1.69. The Morgan fingerprint density at radius 2 is 2.29 bits per heavy atom. The standard InChI is InChI=1S/C20H25N3O/c1-3-13-12-23-9-7-14(13)10-19(23)20(21)16-6-8-22-18-5-4-15(24-2)11-17(16)18/h3-6,8,11,13-14,19-20H,1,7,9-10,12,21H2,2H3/t13?,14-,19+,20?/m1/s1. The molecule has 3 unspecified atom stereocenters. The lowest BCUT2D eigenvalue weighted by Crippen LogP contribution is -2.56. The summed E-state index contributed by atoms with van der Waals surface area (Å²) in [6.07, 6.45) is 6.43. The van der Waals surface area contributed by atoms with Crippen LogP contribution in [-0.4, -0.2) is 36.1 Å². The van der Waals surface area contributed by atoms with Gasteiger partial charge in [-0.2, -0.15) is 0 Å². The number of fused-ring (bicyclic) bond motifs is 4. The Hall–Kier alpha value is -1.91. The van der Waals surface area contributed by atoms with Crippen molar-refractivity contribution in [1.82, 2.24) is 9.88 Å². The minimum Gasteiger partial charge on any atom is -0.497 e. The average molecular weight is 323 g/mol. The number of nitrogens with two attached hydrogens (primary N) is 1. The summed E-state index contributed by atoms with van der Waals surface area (Å²) < 4.78 is 5.39. The van der Waals surface area contributed by atoms with E-state index in [1.807, 2.05) is 18.3 Å². The normalized spacial score (nSPS) is 30.2. The highest BCUT2D eigenvalue weighted by Crippen LogP contribution is 2.41. The van der Waals surface area contributed by atoms with E-state index in [1.54, 1.807) is 7.11 Å². The summed E-state index contributed by atoms with van der Waals surface area (Å²) in [5.74, 6) is 2.20. The Morgan fingerprint density at radius 3 is 3.00 bits per heavy atom. The fourth-order valence-corrected chi connectivity index (χ4v) is 4.52. The van der Waals surface area contributed by atoms with E-state index in [0.717, 1.165) is 42.1 Å². The Morgan fingerprint density at radius 1 is 1.42 bits per heavy atom. The maximum atomic E-state index is 6.76. The minimum atomic E-state index is -0.00354. The zero-order valence-corrected chi connectivity index (χ0v) is 14.2. The number of benzene rings is 1. The van der Waals surface area contributed by atoms with Crippen LogP contribution in [0, 0.1) is 11.8 Å². The Kier molecular flexibility index (Phi) is 4.02. The Bertz CT molecular complexity index is 760. The van der Waals surface area contributed by atoms with Crippen molar-refractivity contribution in [2.24, 2.45) is 17.6 Å². The van der Waals surface area contributed by atoms with Crippen LogP contribution in [0.2, 0.25) is 0 Å². The van der Waals surface area contributed by atoms with Crippen LogP contribution in [0.4, 0.5) is 0 Å². The average Bonchev–Trinajstić information content (AvgIpc) is 2.66. The van der Waals surface area contributed by atoms with Crippen molar-refractivity contribution in [3.63, 3.8) is 0 Å². The van der Waals surface area contributed by atoms with Gasteiger partial charge in [0.1, 0.15) is 5.75 Å². The smallest absolute Gasteiger partial charge is 0.119 e. The molecule has 4 heteroatoms. The molecule has 126 valence electrons. The summed E-state index contributed by atoms with van der Waals surface area (Å²) in [6.45, 7) is 6.26. The molecule has 0 amide bonds. The van der Waals surface area contributed by atoms with Gasteiger partial charge in [0.15, 0.2) is 0 Å². The van der Waals surface area contributed by atoms with E-state index in [1.165, 1.54) is 12.0 Å². The first-order valence-corrected chi connectivity index (χ1v) is 8.76. The fraction of sp³-hybridized carbons (Fsp3) is 0.450. The molecule has 1 aromatic heterocycles. The van der Waals surface area contributed by atoms with Gasteiger partial charge in [0.25, 0.3) is 0 Å².